The van der Waals surface area contributed by atoms with Crippen molar-refractivity contribution in [3.63, 3.8) is 0 Å². The average Bonchev–Trinajstić information content (AvgIpc) is 3.73. The largest absolute Gasteiger partial charge is 0.310 e. The van der Waals surface area contributed by atoms with E-state index >= 15 is 0 Å². The SMILES string of the molecule is CC(C)(C)c1ccc(-c2ccc(N(c3ccc(-c4ccc(C(C)(C)C)cc4)cc3)c3cc(-c4ccc5c(c4)C(C)(C)c4ccccc4-5)cc(-c4ccc5c(c4)C(C)(C)c4ccccc4-5)c3)cc2)cc1. The fourth-order valence-corrected chi connectivity index (χ4v) is 11.2. The van der Waals surface area contributed by atoms with Crippen LogP contribution in [0, 0.1) is 0 Å². The minimum absolute atomic E-state index is 0.101. The Bertz CT molecular complexity index is 3180. The highest BCUT2D eigenvalue weighted by Crippen LogP contribution is 2.52. The molecule has 0 radical (unpaired) electrons. The van der Waals surface area contributed by atoms with Gasteiger partial charge in [0.2, 0.25) is 0 Å². The van der Waals surface area contributed by atoms with E-state index < -0.39 is 0 Å². The number of hydrogen-bond acceptors (Lipinski definition) is 1. The number of fused-ring (bicyclic) bond motifs is 6. The number of benzene rings is 9. The number of hydrogen-bond donors (Lipinski definition) is 0. The van der Waals surface area contributed by atoms with Crippen molar-refractivity contribution in [2.24, 2.45) is 0 Å². The molecule has 1 heteroatoms. The topological polar surface area (TPSA) is 3.24 Å². The highest BCUT2D eigenvalue weighted by molar-refractivity contribution is 5.90. The Labute approximate surface area is 411 Å². The summed E-state index contributed by atoms with van der Waals surface area (Å²) in [4.78, 5) is 2.45. The van der Waals surface area contributed by atoms with Crippen molar-refractivity contribution < 1.29 is 0 Å². The van der Waals surface area contributed by atoms with Crippen molar-refractivity contribution in [2.75, 3.05) is 4.90 Å². The van der Waals surface area contributed by atoms with Gasteiger partial charge in [-0.1, -0.05) is 215 Å². The van der Waals surface area contributed by atoms with Gasteiger partial charge in [-0.3, -0.25) is 0 Å². The van der Waals surface area contributed by atoms with E-state index in [1.165, 1.54) is 100 Å². The van der Waals surface area contributed by atoms with Crippen LogP contribution < -0.4 is 4.90 Å². The first-order valence-corrected chi connectivity index (χ1v) is 24.8. The van der Waals surface area contributed by atoms with Gasteiger partial charge in [0, 0.05) is 27.9 Å². The molecule has 0 N–H and O–H groups in total. The zero-order valence-electron chi connectivity index (χ0n) is 42.0. The molecule has 0 bridgehead atoms. The molecule has 0 aromatic heterocycles. The van der Waals surface area contributed by atoms with Crippen LogP contribution in [0.1, 0.15) is 103 Å². The molecule has 9 aromatic carbocycles. The molecule has 69 heavy (non-hydrogen) atoms. The molecular formula is C68H63N. The maximum absolute atomic E-state index is 2.46. The van der Waals surface area contributed by atoms with Crippen LogP contribution >= 0.6 is 0 Å². The second-order valence-corrected chi connectivity index (χ2v) is 22.7. The van der Waals surface area contributed by atoms with E-state index in [4.69, 9.17) is 0 Å². The van der Waals surface area contributed by atoms with Crippen LogP contribution in [0.2, 0.25) is 0 Å². The lowest BCUT2D eigenvalue weighted by atomic mass is 9.81. The molecule has 0 heterocycles. The summed E-state index contributed by atoms with van der Waals surface area (Å²) in [5, 5.41) is 0. The predicted molar refractivity (Wildman–Crippen MR) is 295 cm³/mol. The highest BCUT2D eigenvalue weighted by atomic mass is 15.1. The van der Waals surface area contributed by atoms with Crippen LogP contribution in [-0.2, 0) is 21.7 Å². The summed E-state index contributed by atoms with van der Waals surface area (Å²) in [5.74, 6) is 0. The third-order valence-corrected chi connectivity index (χ3v) is 15.4. The molecule has 0 fully saturated rings. The van der Waals surface area contributed by atoms with Gasteiger partial charge in [0.1, 0.15) is 0 Å². The lowest BCUT2D eigenvalue weighted by Crippen LogP contribution is -2.15. The standard InChI is InChI=1S/C68H63N/c1-65(2,3)52-29-19-44(20-30-52)46-23-33-54(34-24-46)69(55-35-25-47(26-36-55)45-21-31-53(32-22-45)66(4,5)6)56-40-50(48-27-37-59-57-15-11-13-17-61(57)67(7,8)63(59)42-48)39-51(41-56)49-28-38-60-58-16-12-14-18-62(58)68(9,10)64(60)43-49/h11-43H,1-10H3. The molecule has 0 atom stereocenters. The fourth-order valence-electron chi connectivity index (χ4n) is 11.2. The molecule has 0 amide bonds. The zero-order valence-corrected chi connectivity index (χ0v) is 42.0. The molecular weight excluding hydrogens is 831 g/mol. The summed E-state index contributed by atoms with van der Waals surface area (Å²) in [5.41, 5.74) is 26.5. The van der Waals surface area contributed by atoms with Crippen molar-refractivity contribution in [3.8, 4) is 66.8 Å². The Balaban J connectivity index is 1.08. The van der Waals surface area contributed by atoms with E-state index in [2.05, 4.69) is 274 Å². The molecule has 0 aliphatic heterocycles. The Morgan fingerprint density at radius 2 is 0.594 bits per heavy atom. The van der Waals surface area contributed by atoms with E-state index in [1.807, 2.05) is 0 Å². The van der Waals surface area contributed by atoms with Crippen LogP contribution in [0.15, 0.2) is 200 Å². The van der Waals surface area contributed by atoms with Gasteiger partial charge in [-0.05, 0) is 166 Å². The highest BCUT2D eigenvalue weighted by Gasteiger charge is 2.37. The smallest absolute Gasteiger partial charge is 0.0473 e. The first kappa shape index (κ1) is 44.3. The Morgan fingerprint density at radius 1 is 0.275 bits per heavy atom. The molecule has 9 aromatic rings. The van der Waals surface area contributed by atoms with Crippen LogP contribution in [-0.4, -0.2) is 0 Å². The summed E-state index contributed by atoms with van der Waals surface area (Å²) in [6.45, 7) is 23.1. The lowest BCUT2D eigenvalue weighted by molar-refractivity contribution is 0.590. The van der Waals surface area contributed by atoms with E-state index in [9.17, 15) is 0 Å². The monoisotopic (exact) mass is 893 g/mol. The molecule has 11 rings (SSSR count). The Hall–Kier alpha value is -7.22. The first-order chi connectivity index (χ1) is 32.9. The Morgan fingerprint density at radius 3 is 0.957 bits per heavy atom. The zero-order chi connectivity index (χ0) is 48.0. The van der Waals surface area contributed by atoms with Gasteiger partial charge < -0.3 is 4.90 Å². The van der Waals surface area contributed by atoms with Crippen molar-refractivity contribution in [2.45, 2.75) is 90.9 Å². The third-order valence-electron chi connectivity index (χ3n) is 15.4. The van der Waals surface area contributed by atoms with Gasteiger partial charge in [-0.15, -0.1) is 0 Å². The van der Waals surface area contributed by atoms with Crippen molar-refractivity contribution in [1.29, 1.82) is 0 Å². The molecule has 2 aliphatic rings. The van der Waals surface area contributed by atoms with Gasteiger partial charge in [0.05, 0.1) is 0 Å². The Kier molecular flexibility index (Phi) is 10.4. The number of nitrogens with zero attached hydrogens (tertiary/aromatic N) is 1. The molecule has 340 valence electrons. The maximum atomic E-state index is 2.46. The van der Waals surface area contributed by atoms with Gasteiger partial charge in [0.15, 0.2) is 0 Å². The van der Waals surface area contributed by atoms with E-state index in [1.54, 1.807) is 0 Å². The second-order valence-electron chi connectivity index (χ2n) is 22.7. The van der Waals surface area contributed by atoms with Gasteiger partial charge in [-0.25, -0.2) is 0 Å². The van der Waals surface area contributed by atoms with Gasteiger partial charge >= 0.3 is 0 Å². The fraction of sp³-hybridized carbons (Fsp3) is 0.206. The van der Waals surface area contributed by atoms with Gasteiger partial charge in [0.25, 0.3) is 0 Å². The molecule has 0 saturated carbocycles. The van der Waals surface area contributed by atoms with Crippen molar-refractivity contribution >= 4 is 17.1 Å². The van der Waals surface area contributed by atoms with Crippen molar-refractivity contribution in [3.05, 3.63) is 234 Å². The minimum Gasteiger partial charge on any atom is -0.310 e. The van der Waals surface area contributed by atoms with Crippen LogP contribution in [0.25, 0.3) is 66.8 Å². The van der Waals surface area contributed by atoms with Gasteiger partial charge in [-0.2, -0.15) is 0 Å². The normalized spacial score (nSPS) is 14.2. The average molecular weight is 894 g/mol. The predicted octanol–water partition coefficient (Wildman–Crippen LogP) is 19.0. The molecule has 0 saturated heterocycles. The summed E-state index contributed by atoms with van der Waals surface area (Å²) in [6, 6.07) is 75.9. The molecule has 0 unspecified atom stereocenters. The molecule has 2 aliphatic carbocycles. The van der Waals surface area contributed by atoms with E-state index in [0.717, 1.165) is 17.1 Å². The lowest BCUT2D eigenvalue weighted by Gasteiger charge is -2.28. The van der Waals surface area contributed by atoms with Crippen LogP contribution in [0.5, 0.6) is 0 Å². The quantitative estimate of drug-likeness (QED) is 0.154. The summed E-state index contributed by atoms with van der Waals surface area (Å²) in [6.07, 6.45) is 0. The van der Waals surface area contributed by atoms with E-state index in [0.29, 0.717) is 0 Å². The number of rotatable bonds is 7. The maximum Gasteiger partial charge on any atom is 0.0473 e. The minimum atomic E-state index is -0.112. The summed E-state index contributed by atoms with van der Waals surface area (Å²) in [7, 11) is 0. The third kappa shape index (κ3) is 7.73. The van der Waals surface area contributed by atoms with E-state index in [-0.39, 0.29) is 21.7 Å². The second kappa shape index (κ2) is 16.2. The molecule has 1 nitrogen and oxygen atoms in total. The van der Waals surface area contributed by atoms with Crippen LogP contribution in [0.4, 0.5) is 17.1 Å². The summed E-state index contributed by atoms with van der Waals surface area (Å²) >= 11 is 0. The summed E-state index contributed by atoms with van der Waals surface area (Å²) < 4.78 is 0. The van der Waals surface area contributed by atoms with Crippen molar-refractivity contribution in [1.82, 2.24) is 0 Å². The number of anilines is 3. The first-order valence-electron chi connectivity index (χ1n) is 24.8. The van der Waals surface area contributed by atoms with Crippen LogP contribution in [0.3, 0.4) is 0 Å². The molecule has 0 spiro atoms.